The van der Waals surface area contributed by atoms with Crippen LogP contribution in [0.1, 0.15) is 68.3 Å². The number of hydrogen-bond donors (Lipinski definition) is 2. The molecule has 0 amide bonds. The van der Waals surface area contributed by atoms with Gasteiger partial charge in [-0.15, -0.1) is 10.2 Å². The molecule has 2 heterocycles. The summed E-state index contributed by atoms with van der Waals surface area (Å²) in [5, 5.41) is 13.3. The number of anilines is 1. The molecule has 2 N–H and O–H groups in total. The van der Waals surface area contributed by atoms with Gasteiger partial charge in [0.1, 0.15) is 6.33 Å². The highest BCUT2D eigenvalue weighted by atomic mass is 32.2. The molecule has 164 valence electrons. The molecule has 2 aliphatic carbocycles. The van der Waals surface area contributed by atoms with Crippen molar-refractivity contribution < 1.29 is 8.42 Å². The Balaban J connectivity index is 1.70. The highest BCUT2D eigenvalue weighted by Gasteiger charge is 2.32. The van der Waals surface area contributed by atoms with Gasteiger partial charge >= 0.3 is 0 Å². The lowest BCUT2D eigenvalue weighted by atomic mass is 10.00. The molecule has 1 aromatic carbocycles. The molecule has 1 saturated carbocycles. The van der Waals surface area contributed by atoms with Crippen molar-refractivity contribution in [2.45, 2.75) is 62.8 Å². The van der Waals surface area contributed by atoms with Crippen molar-refractivity contribution in [3.63, 3.8) is 0 Å². The lowest BCUT2D eigenvalue weighted by molar-refractivity contribution is 0.576. The molecule has 8 nitrogen and oxygen atoms in total. The van der Waals surface area contributed by atoms with Crippen LogP contribution in [0.3, 0.4) is 0 Å². The number of sulfonamides is 1. The van der Waals surface area contributed by atoms with E-state index in [1.807, 2.05) is 36.7 Å². The number of benzene rings is 1. The Hall–Kier alpha value is -2.52. The molecule has 5 rings (SSSR count). The van der Waals surface area contributed by atoms with Gasteiger partial charge in [-0.05, 0) is 62.3 Å². The van der Waals surface area contributed by atoms with Gasteiger partial charge in [-0.25, -0.2) is 13.1 Å². The summed E-state index contributed by atoms with van der Waals surface area (Å²) < 4.78 is 31.4. The molecule has 1 fully saturated rings. The maximum Gasteiger partial charge on any atom is 0.241 e. The second-order valence-corrected chi connectivity index (χ2v) is 10.2. The Bertz CT molecular complexity index is 1230. The van der Waals surface area contributed by atoms with Crippen molar-refractivity contribution in [1.29, 1.82) is 0 Å². The van der Waals surface area contributed by atoms with Crippen LogP contribution in [0.4, 0.5) is 5.95 Å². The van der Waals surface area contributed by atoms with Crippen molar-refractivity contribution in [1.82, 2.24) is 24.5 Å². The number of pyridine rings is 1. The topological polar surface area (TPSA) is 102 Å². The van der Waals surface area contributed by atoms with Crippen LogP contribution < -0.4 is 10.0 Å². The number of rotatable bonds is 8. The van der Waals surface area contributed by atoms with Gasteiger partial charge in [-0.1, -0.05) is 6.92 Å². The first-order valence-corrected chi connectivity index (χ1v) is 12.6. The minimum atomic E-state index is -3.64. The van der Waals surface area contributed by atoms with Gasteiger partial charge in [-0.3, -0.25) is 9.55 Å². The van der Waals surface area contributed by atoms with Crippen LogP contribution in [0, 0.1) is 0 Å². The Morgan fingerprint density at radius 2 is 2.00 bits per heavy atom. The van der Waals surface area contributed by atoms with Crippen LogP contribution in [0.5, 0.6) is 0 Å². The fourth-order valence-electron chi connectivity index (χ4n) is 4.57. The summed E-state index contributed by atoms with van der Waals surface area (Å²) in [7, 11) is -3.64. The maximum atomic E-state index is 13.3. The van der Waals surface area contributed by atoms with Gasteiger partial charge < -0.3 is 5.32 Å². The van der Waals surface area contributed by atoms with Gasteiger partial charge in [0.05, 0.1) is 10.9 Å². The number of fused-ring (bicyclic) bond motifs is 3. The zero-order valence-corrected chi connectivity index (χ0v) is 18.7. The average Bonchev–Trinajstić information content (AvgIpc) is 3.38. The summed E-state index contributed by atoms with van der Waals surface area (Å²) in [5.41, 5.74) is 3.20. The van der Waals surface area contributed by atoms with Crippen LogP contribution in [-0.4, -0.2) is 41.3 Å². The van der Waals surface area contributed by atoms with Gasteiger partial charge in [-0.2, -0.15) is 0 Å². The molecule has 2 aliphatic rings. The minimum Gasteiger partial charge on any atom is -0.355 e. The second-order valence-electron chi connectivity index (χ2n) is 8.42. The summed E-state index contributed by atoms with van der Waals surface area (Å²) >= 11 is 0. The Morgan fingerprint density at radius 3 is 2.74 bits per heavy atom. The number of nitrogens with one attached hydrogen (secondary N) is 2. The zero-order chi connectivity index (χ0) is 21.6. The SMILES string of the molecule is CCCNS(=O)(=O)c1cc2c(c3cnc(C4CC4)cc13)CC[C@H]2n1cnnc1NCC. The van der Waals surface area contributed by atoms with Crippen molar-refractivity contribution in [3.05, 3.63) is 41.5 Å². The molecule has 31 heavy (non-hydrogen) atoms. The highest BCUT2D eigenvalue weighted by Crippen LogP contribution is 2.44. The molecule has 3 aromatic rings. The first-order chi connectivity index (χ1) is 15.0. The number of hydrogen-bond acceptors (Lipinski definition) is 6. The van der Waals surface area contributed by atoms with E-state index in [0.717, 1.165) is 60.7 Å². The fourth-order valence-corrected chi connectivity index (χ4v) is 5.94. The molecule has 9 heteroatoms. The third-order valence-corrected chi connectivity index (χ3v) is 7.75. The predicted octanol–water partition coefficient (Wildman–Crippen LogP) is 3.36. The molecule has 2 aromatic heterocycles. The number of nitrogens with zero attached hydrogens (tertiary/aromatic N) is 4. The first-order valence-electron chi connectivity index (χ1n) is 11.1. The van der Waals surface area contributed by atoms with E-state index in [0.29, 0.717) is 23.3 Å². The van der Waals surface area contributed by atoms with E-state index in [-0.39, 0.29) is 6.04 Å². The molecule has 0 aliphatic heterocycles. The van der Waals surface area contributed by atoms with E-state index >= 15 is 0 Å². The standard InChI is InChI=1S/C22H28N6O2S/c1-3-9-26-31(29,30)21-11-16-15(18-12-24-19(10-17(18)21)14-5-6-14)7-8-20(16)28-13-25-27-22(28)23-4-2/h10-14,20,26H,3-9H2,1-2H3,(H,23,27)/t20-/m1/s1. The zero-order valence-electron chi connectivity index (χ0n) is 17.9. The largest absolute Gasteiger partial charge is 0.355 e. The van der Waals surface area contributed by atoms with Crippen molar-refractivity contribution in [3.8, 4) is 0 Å². The third-order valence-electron chi connectivity index (χ3n) is 6.25. The molecule has 0 unspecified atom stereocenters. The van der Waals surface area contributed by atoms with Crippen LogP contribution >= 0.6 is 0 Å². The lowest BCUT2D eigenvalue weighted by Crippen LogP contribution is -2.25. The number of aromatic nitrogens is 4. The van der Waals surface area contributed by atoms with E-state index in [1.54, 1.807) is 6.33 Å². The number of aryl methyl sites for hydroxylation is 1. The van der Waals surface area contributed by atoms with Gasteiger partial charge in [0, 0.05) is 41.7 Å². The summed E-state index contributed by atoms with van der Waals surface area (Å²) in [6, 6.07) is 3.87. The van der Waals surface area contributed by atoms with E-state index in [2.05, 4.69) is 20.2 Å². The highest BCUT2D eigenvalue weighted by molar-refractivity contribution is 7.89. The molecule has 0 saturated heterocycles. The Morgan fingerprint density at radius 1 is 1.16 bits per heavy atom. The second kappa shape index (κ2) is 7.87. The quantitative estimate of drug-likeness (QED) is 0.557. The van der Waals surface area contributed by atoms with E-state index < -0.39 is 10.0 Å². The summed E-state index contributed by atoms with van der Waals surface area (Å²) in [6.07, 6.45) is 8.35. The molecular weight excluding hydrogens is 412 g/mol. The summed E-state index contributed by atoms with van der Waals surface area (Å²) in [4.78, 5) is 5.06. The van der Waals surface area contributed by atoms with E-state index in [4.69, 9.17) is 4.98 Å². The fraction of sp³-hybridized carbons (Fsp3) is 0.500. The van der Waals surface area contributed by atoms with Gasteiger partial charge in [0.25, 0.3) is 0 Å². The molecule has 1 atom stereocenters. The maximum absolute atomic E-state index is 13.3. The van der Waals surface area contributed by atoms with Crippen LogP contribution in [0.15, 0.2) is 29.6 Å². The Labute approximate surface area is 182 Å². The smallest absolute Gasteiger partial charge is 0.241 e. The Kier molecular flexibility index (Phi) is 5.18. The van der Waals surface area contributed by atoms with E-state index in [1.165, 1.54) is 5.56 Å². The van der Waals surface area contributed by atoms with Crippen LogP contribution in [0.2, 0.25) is 0 Å². The monoisotopic (exact) mass is 440 g/mol. The van der Waals surface area contributed by atoms with E-state index in [9.17, 15) is 8.42 Å². The van der Waals surface area contributed by atoms with Crippen molar-refractivity contribution in [2.24, 2.45) is 0 Å². The normalized spacial score (nSPS) is 18.5. The predicted molar refractivity (Wildman–Crippen MR) is 120 cm³/mol. The first kappa shape index (κ1) is 20.4. The molecule has 0 spiro atoms. The van der Waals surface area contributed by atoms with Gasteiger partial charge in [0.15, 0.2) is 0 Å². The summed E-state index contributed by atoms with van der Waals surface area (Å²) in [5.74, 6) is 1.17. The van der Waals surface area contributed by atoms with Crippen molar-refractivity contribution in [2.75, 3.05) is 18.4 Å². The van der Waals surface area contributed by atoms with Crippen LogP contribution in [-0.2, 0) is 16.4 Å². The molecular formula is C22H28N6O2S. The lowest BCUT2D eigenvalue weighted by Gasteiger charge is -2.19. The third kappa shape index (κ3) is 3.59. The average molecular weight is 441 g/mol. The van der Waals surface area contributed by atoms with Crippen molar-refractivity contribution >= 4 is 26.7 Å². The molecule has 0 radical (unpaired) electrons. The van der Waals surface area contributed by atoms with Crippen LogP contribution in [0.25, 0.3) is 10.8 Å². The molecule has 0 bridgehead atoms. The minimum absolute atomic E-state index is 0.00770. The summed E-state index contributed by atoms with van der Waals surface area (Å²) in [6.45, 7) is 5.14. The van der Waals surface area contributed by atoms with Gasteiger partial charge in [0.2, 0.25) is 16.0 Å².